The van der Waals surface area contributed by atoms with Gasteiger partial charge < -0.3 is 24.7 Å². The van der Waals surface area contributed by atoms with Crippen molar-refractivity contribution >= 4 is 32.1 Å². The van der Waals surface area contributed by atoms with Gasteiger partial charge in [0.15, 0.2) is 9.84 Å². The molecular weight excluding hydrogens is 510 g/mol. The van der Waals surface area contributed by atoms with Crippen molar-refractivity contribution in [3.05, 3.63) is 47.5 Å². The summed E-state index contributed by atoms with van der Waals surface area (Å²) in [6.45, 7) is 4.28. The number of hydrogen-bond donors (Lipinski definition) is 1. The molecule has 0 atom stereocenters. The van der Waals surface area contributed by atoms with Crippen molar-refractivity contribution in [2.75, 3.05) is 61.7 Å². The lowest BCUT2D eigenvalue weighted by atomic mass is 9.85. The first kappa shape index (κ1) is 26.7. The first-order chi connectivity index (χ1) is 18.9. The molecule has 8 heteroatoms. The Morgan fingerprint density at radius 2 is 1.44 bits per heavy atom. The number of hydrogen-bond acceptors (Lipinski definition) is 6. The van der Waals surface area contributed by atoms with E-state index in [-0.39, 0.29) is 11.5 Å². The zero-order chi connectivity index (χ0) is 27.0. The number of rotatable bonds is 6. The molecule has 4 heterocycles. The van der Waals surface area contributed by atoms with Crippen molar-refractivity contribution in [3.8, 4) is 11.3 Å². The van der Waals surface area contributed by atoms with Crippen LogP contribution < -0.4 is 10.6 Å². The Hall–Kier alpha value is -2.55. The lowest BCUT2D eigenvalue weighted by molar-refractivity contribution is 0.0664. The molecule has 2 aromatic carbocycles. The lowest BCUT2D eigenvalue weighted by Gasteiger charge is -2.33. The van der Waals surface area contributed by atoms with Crippen LogP contribution in [0, 0.1) is 11.8 Å². The Balaban J connectivity index is 1.57. The summed E-state index contributed by atoms with van der Waals surface area (Å²) in [6.07, 6.45) is 6.18. The number of nitrogen functional groups attached to an aromatic ring is 1. The monoisotopic (exact) mass is 551 g/mol. The van der Waals surface area contributed by atoms with Crippen molar-refractivity contribution in [2.24, 2.45) is 18.9 Å². The van der Waals surface area contributed by atoms with E-state index in [4.69, 9.17) is 15.2 Å². The third-order valence-electron chi connectivity index (χ3n) is 9.07. The average molecular weight is 552 g/mol. The van der Waals surface area contributed by atoms with E-state index in [0.29, 0.717) is 24.9 Å². The minimum Gasteiger partial charge on any atom is -0.397 e. The molecule has 210 valence electrons. The van der Waals surface area contributed by atoms with Crippen molar-refractivity contribution in [3.63, 3.8) is 0 Å². The summed E-state index contributed by atoms with van der Waals surface area (Å²) in [5, 5.41) is 1.29. The number of benzene rings is 2. The van der Waals surface area contributed by atoms with Crippen LogP contribution in [-0.4, -0.2) is 64.0 Å². The second-order valence-corrected chi connectivity index (χ2v) is 13.9. The highest BCUT2D eigenvalue weighted by Crippen LogP contribution is 2.45. The summed E-state index contributed by atoms with van der Waals surface area (Å²) in [6, 6.07) is 12.8. The summed E-state index contributed by atoms with van der Waals surface area (Å²) >= 11 is 0. The molecule has 6 rings (SSSR count). The number of aryl methyl sites for hydroxylation is 1. The number of nitrogens with two attached hydrogens (primary N) is 1. The molecule has 0 spiro atoms. The smallest absolute Gasteiger partial charge is 0.153 e. The van der Waals surface area contributed by atoms with Gasteiger partial charge in [-0.3, -0.25) is 0 Å². The van der Waals surface area contributed by atoms with Crippen LogP contribution in [0.5, 0.6) is 0 Å². The number of aromatic nitrogens is 1. The molecule has 0 radical (unpaired) electrons. The van der Waals surface area contributed by atoms with Crippen LogP contribution in [0.15, 0.2) is 36.4 Å². The number of sulfone groups is 1. The predicted octanol–water partition coefficient (Wildman–Crippen LogP) is 4.60. The second-order valence-electron chi connectivity index (χ2n) is 11.6. The highest BCUT2D eigenvalue weighted by atomic mass is 32.2. The quantitative estimate of drug-likeness (QED) is 0.451. The highest BCUT2D eigenvalue weighted by molar-refractivity contribution is 7.91. The minimum atomic E-state index is -2.99. The molecule has 3 saturated heterocycles. The third kappa shape index (κ3) is 5.43. The van der Waals surface area contributed by atoms with Gasteiger partial charge in [0, 0.05) is 57.6 Å². The normalized spacial score (nSPS) is 21.0. The van der Waals surface area contributed by atoms with E-state index in [0.717, 1.165) is 81.8 Å². The fraction of sp³-hybridized carbons (Fsp3) is 0.548. The van der Waals surface area contributed by atoms with Gasteiger partial charge in [-0.1, -0.05) is 30.3 Å². The maximum atomic E-state index is 12.3. The Bertz CT molecular complexity index is 1410. The summed E-state index contributed by atoms with van der Waals surface area (Å²) in [5.74, 6) is 1.49. The Morgan fingerprint density at radius 3 is 2.03 bits per heavy atom. The van der Waals surface area contributed by atoms with Gasteiger partial charge in [-0.2, -0.15) is 0 Å². The number of fused-ring (bicyclic) bond motifs is 1. The fourth-order valence-corrected chi connectivity index (χ4v) is 8.12. The Morgan fingerprint density at radius 1 is 0.872 bits per heavy atom. The van der Waals surface area contributed by atoms with Crippen molar-refractivity contribution in [1.29, 1.82) is 0 Å². The number of nitrogens with zero attached hydrogens (tertiary/aromatic N) is 2. The SMILES string of the molecule is Cn1c(-c2ccccc2)c(CC2CCOCC2)c2c(CC3CCOCC3)c(N3CCS(=O)(=O)CC3)cc(N)c21. The molecule has 2 N–H and O–H groups in total. The van der Waals surface area contributed by atoms with Crippen molar-refractivity contribution < 1.29 is 17.9 Å². The van der Waals surface area contributed by atoms with E-state index in [9.17, 15) is 8.42 Å². The van der Waals surface area contributed by atoms with Crippen LogP contribution in [-0.2, 0) is 39.2 Å². The molecule has 1 aromatic heterocycles. The summed E-state index contributed by atoms with van der Waals surface area (Å²) < 4.78 is 38.3. The summed E-state index contributed by atoms with van der Waals surface area (Å²) in [5.41, 5.74) is 15.1. The maximum Gasteiger partial charge on any atom is 0.153 e. The first-order valence-electron chi connectivity index (χ1n) is 14.5. The molecule has 39 heavy (non-hydrogen) atoms. The van der Waals surface area contributed by atoms with E-state index in [1.54, 1.807) is 0 Å². The molecular formula is C31H41N3O4S. The molecule has 3 aromatic rings. The molecule has 0 aliphatic carbocycles. The standard InChI is InChI=1S/C31H41N3O4S/c1-33-30(24-5-3-2-4-6-24)26(20-23-9-15-38-16-10-23)29-25(19-22-7-13-37-14-8-22)28(21-27(32)31(29)33)34-11-17-39(35,36)18-12-34/h2-6,21-23H,7-20,32H2,1H3. The number of anilines is 2. The zero-order valence-corrected chi connectivity index (χ0v) is 23.8. The predicted molar refractivity (Wildman–Crippen MR) is 158 cm³/mol. The highest BCUT2D eigenvalue weighted by Gasteiger charge is 2.31. The van der Waals surface area contributed by atoms with Gasteiger partial charge in [-0.15, -0.1) is 0 Å². The molecule has 0 amide bonds. The van der Waals surface area contributed by atoms with Gasteiger partial charge in [0.2, 0.25) is 0 Å². The largest absolute Gasteiger partial charge is 0.397 e. The van der Waals surface area contributed by atoms with Crippen LogP contribution in [0.3, 0.4) is 0 Å². The van der Waals surface area contributed by atoms with Gasteiger partial charge in [0.1, 0.15) is 0 Å². The second kappa shape index (κ2) is 11.1. The molecule has 3 fully saturated rings. The summed E-state index contributed by atoms with van der Waals surface area (Å²) in [4.78, 5) is 2.28. The minimum absolute atomic E-state index is 0.195. The zero-order valence-electron chi connectivity index (χ0n) is 23.0. The van der Waals surface area contributed by atoms with Gasteiger partial charge >= 0.3 is 0 Å². The van der Waals surface area contributed by atoms with E-state index >= 15 is 0 Å². The van der Waals surface area contributed by atoms with E-state index in [2.05, 4.69) is 52.9 Å². The lowest BCUT2D eigenvalue weighted by Crippen LogP contribution is -2.41. The number of ether oxygens (including phenoxy) is 2. The maximum absolute atomic E-state index is 12.3. The molecule has 3 aliphatic heterocycles. The van der Waals surface area contributed by atoms with Crippen molar-refractivity contribution in [2.45, 2.75) is 38.5 Å². The van der Waals surface area contributed by atoms with Crippen LogP contribution >= 0.6 is 0 Å². The van der Waals surface area contributed by atoms with E-state index < -0.39 is 9.84 Å². The van der Waals surface area contributed by atoms with Gasteiger partial charge in [-0.05, 0) is 73.1 Å². The van der Waals surface area contributed by atoms with E-state index in [1.165, 1.54) is 27.8 Å². The van der Waals surface area contributed by atoms with Crippen molar-refractivity contribution in [1.82, 2.24) is 4.57 Å². The molecule has 0 bridgehead atoms. The fourth-order valence-electron chi connectivity index (χ4n) is 6.92. The third-order valence-corrected chi connectivity index (χ3v) is 10.7. The van der Waals surface area contributed by atoms with Gasteiger partial charge in [0.05, 0.1) is 28.4 Å². The molecule has 3 aliphatic rings. The van der Waals surface area contributed by atoms with Gasteiger partial charge in [-0.25, -0.2) is 8.42 Å². The topological polar surface area (TPSA) is 86.8 Å². The van der Waals surface area contributed by atoms with Crippen LogP contribution in [0.25, 0.3) is 22.2 Å². The van der Waals surface area contributed by atoms with Crippen LogP contribution in [0.1, 0.15) is 36.8 Å². The molecule has 0 unspecified atom stereocenters. The Labute approximate surface area is 232 Å². The van der Waals surface area contributed by atoms with Crippen LogP contribution in [0.4, 0.5) is 11.4 Å². The Kier molecular flexibility index (Phi) is 7.62. The first-order valence-corrected chi connectivity index (χ1v) is 16.3. The molecule has 7 nitrogen and oxygen atoms in total. The molecule has 0 saturated carbocycles. The summed E-state index contributed by atoms with van der Waals surface area (Å²) in [7, 11) is -0.835. The van der Waals surface area contributed by atoms with E-state index in [1.807, 2.05) is 0 Å². The van der Waals surface area contributed by atoms with Gasteiger partial charge in [0.25, 0.3) is 0 Å². The van der Waals surface area contributed by atoms with Crippen LogP contribution in [0.2, 0.25) is 0 Å². The average Bonchev–Trinajstić information content (AvgIpc) is 3.24.